The number of guanidine groups is 1. The molecule has 0 radical (unpaired) electrons. The van der Waals surface area contributed by atoms with Crippen molar-refractivity contribution in [2.75, 3.05) is 0 Å². The fraction of sp³-hybridized carbons (Fsp3) is 0.167. The third kappa shape index (κ3) is 4.82. The van der Waals surface area contributed by atoms with Crippen molar-refractivity contribution in [3.05, 3.63) is 11.1 Å². The molecule has 0 bridgehead atoms. The van der Waals surface area contributed by atoms with Crippen LogP contribution in [0.15, 0.2) is 15.4 Å². The van der Waals surface area contributed by atoms with Crippen LogP contribution >= 0.6 is 11.3 Å². The molecule has 0 fully saturated rings. The summed E-state index contributed by atoms with van der Waals surface area (Å²) in [7, 11) is 0. The number of thiazole rings is 1. The Bertz CT molecular complexity index is 424. The Morgan fingerprint density at radius 2 is 2.50 bits per heavy atom. The van der Waals surface area contributed by atoms with Crippen molar-refractivity contribution in [3.8, 4) is 0 Å². The van der Waals surface area contributed by atoms with Crippen LogP contribution in [0.4, 0.5) is 5.13 Å². The maximum Gasteiger partial charge on any atom is 0.212 e. The lowest BCUT2D eigenvalue weighted by atomic mass is 10.5. The van der Waals surface area contributed by atoms with E-state index in [0.29, 0.717) is 10.8 Å². The predicted molar refractivity (Wildman–Crippen MR) is 61.8 cm³/mol. The molecule has 0 spiro atoms. The maximum atomic E-state index is 10.1. The number of nitrogens with one attached hydrogen (secondary N) is 1. The minimum absolute atomic E-state index is 0.0622. The molecule has 1 heterocycles. The van der Waals surface area contributed by atoms with Gasteiger partial charge in [0, 0.05) is 16.6 Å². The first-order chi connectivity index (χ1) is 7.58. The first-order valence-corrected chi connectivity index (χ1v) is 5.91. The van der Waals surface area contributed by atoms with Crippen molar-refractivity contribution in [1.82, 2.24) is 9.71 Å². The average Bonchev–Trinajstić information content (AvgIpc) is 2.59. The molecule has 0 amide bonds. The Balaban J connectivity index is 2.49. The van der Waals surface area contributed by atoms with Crippen LogP contribution in [0.1, 0.15) is 5.69 Å². The molecule has 88 valence electrons. The second-order valence-corrected chi connectivity index (χ2v) is 4.02. The van der Waals surface area contributed by atoms with Crippen LogP contribution in [0.25, 0.3) is 0 Å². The second-order valence-electron chi connectivity index (χ2n) is 2.48. The van der Waals surface area contributed by atoms with E-state index < -0.39 is 11.3 Å². The van der Waals surface area contributed by atoms with Crippen LogP contribution in [0.2, 0.25) is 0 Å². The van der Waals surface area contributed by atoms with Crippen LogP contribution in [-0.4, -0.2) is 26.0 Å². The smallest absolute Gasteiger partial charge is 0.212 e. The average molecular weight is 261 g/mol. The van der Waals surface area contributed by atoms with Crippen molar-refractivity contribution in [2.45, 2.75) is 6.54 Å². The van der Waals surface area contributed by atoms with E-state index in [1.54, 1.807) is 5.38 Å². The Kier molecular flexibility index (Phi) is 4.82. The van der Waals surface area contributed by atoms with Gasteiger partial charge in [0.25, 0.3) is 0 Å². The third-order valence-corrected chi connectivity index (χ3v) is 2.34. The fourth-order valence-corrected chi connectivity index (χ4v) is 1.61. The third-order valence-electron chi connectivity index (χ3n) is 1.26. The first-order valence-electron chi connectivity index (χ1n) is 3.95. The van der Waals surface area contributed by atoms with Gasteiger partial charge in [-0.25, -0.2) is 4.98 Å². The van der Waals surface area contributed by atoms with Gasteiger partial charge >= 0.3 is 0 Å². The number of aromatic nitrogens is 1. The number of aliphatic imine (C=N–C) groups is 2. The zero-order valence-electron chi connectivity index (χ0n) is 7.99. The molecular weight excluding hydrogens is 252 g/mol. The number of hydrogen-bond donors (Lipinski definition) is 3. The molecule has 10 heteroatoms. The van der Waals surface area contributed by atoms with Crippen molar-refractivity contribution >= 4 is 40.0 Å². The molecule has 1 rings (SSSR count). The van der Waals surface area contributed by atoms with E-state index in [1.807, 2.05) is 4.72 Å². The summed E-state index contributed by atoms with van der Waals surface area (Å²) >= 11 is -1.08. The molecular formula is C6H9N6O2S2-. The maximum absolute atomic E-state index is 10.1. The van der Waals surface area contributed by atoms with Gasteiger partial charge in [0.2, 0.25) is 5.13 Å². The standard InChI is InChI=1S/C6H10N6O2S2/c7-5(8)12-6-11-4(2-15-6)1-9-3-10-16(13)14/h2-3H,1H2,(H,9,10)(H,13,14)(H4,7,8,11,12)/p-1. The van der Waals surface area contributed by atoms with Crippen molar-refractivity contribution in [3.63, 3.8) is 0 Å². The topological polar surface area (TPSA) is 142 Å². The van der Waals surface area contributed by atoms with E-state index in [1.165, 1.54) is 11.3 Å². The van der Waals surface area contributed by atoms with Crippen molar-refractivity contribution < 1.29 is 8.76 Å². The van der Waals surface area contributed by atoms with Crippen LogP contribution in [0, 0.1) is 0 Å². The summed E-state index contributed by atoms with van der Waals surface area (Å²) in [6, 6.07) is 0. The number of nitrogens with two attached hydrogens (primary N) is 2. The Labute approximate surface area is 97.9 Å². The highest BCUT2D eigenvalue weighted by atomic mass is 32.2. The highest BCUT2D eigenvalue weighted by Crippen LogP contribution is 2.18. The lowest BCUT2D eigenvalue weighted by Gasteiger charge is -2.00. The van der Waals surface area contributed by atoms with Gasteiger partial charge < -0.3 is 20.7 Å². The highest BCUT2D eigenvalue weighted by Gasteiger charge is 1.99. The molecule has 0 saturated heterocycles. The Morgan fingerprint density at radius 1 is 1.75 bits per heavy atom. The molecule has 0 aliphatic rings. The largest absolute Gasteiger partial charge is 0.755 e. The zero-order chi connectivity index (χ0) is 12.0. The summed E-state index contributed by atoms with van der Waals surface area (Å²) < 4.78 is 22.1. The van der Waals surface area contributed by atoms with E-state index in [-0.39, 0.29) is 12.5 Å². The number of rotatable bonds is 5. The van der Waals surface area contributed by atoms with Crippen LogP contribution < -0.4 is 16.2 Å². The van der Waals surface area contributed by atoms with Crippen LogP contribution in [0.3, 0.4) is 0 Å². The summed E-state index contributed by atoms with van der Waals surface area (Å²) in [5.74, 6) is -0.0622. The molecule has 0 aliphatic heterocycles. The molecule has 0 aliphatic carbocycles. The van der Waals surface area contributed by atoms with Crippen LogP contribution in [0.5, 0.6) is 0 Å². The number of hydrogen-bond acceptors (Lipinski definition) is 6. The van der Waals surface area contributed by atoms with Crippen molar-refractivity contribution in [2.24, 2.45) is 21.5 Å². The molecule has 1 unspecified atom stereocenters. The molecule has 8 nitrogen and oxygen atoms in total. The van der Waals surface area contributed by atoms with Gasteiger partial charge in [0.1, 0.15) is 0 Å². The summed E-state index contributed by atoms with van der Waals surface area (Å²) in [4.78, 5) is 11.6. The summed E-state index contributed by atoms with van der Waals surface area (Å²) in [5, 5.41) is 2.17. The molecule has 1 aromatic rings. The number of nitrogens with zero attached hydrogens (tertiary/aromatic N) is 3. The summed E-state index contributed by atoms with van der Waals surface area (Å²) in [6.45, 7) is 0.251. The SMILES string of the molecule is NC(N)=Nc1nc(CN=CNS(=O)[O-])cs1. The predicted octanol–water partition coefficient (Wildman–Crippen LogP) is -1.04. The van der Waals surface area contributed by atoms with E-state index in [2.05, 4.69) is 15.0 Å². The fourth-order valence-electron chi connectivity index (χ4n) is 0.750. The quantitative estimate of drug-likeness (QED) is 0.352. The normalized spacial score (nSPS) is 12.6. The summed E-state index contributed by atoms with van der Waals surface area (Å²) in [6.07, 6.45) is 1.07. The highest BCUT2D eigenvalue weighted by molar-refractivity contribution is 7.77. The van der Waals surface area contributed by atoms with Crippen molar-refractivity contribution in [1.29, 1.82) is 0 Å². The van der Waals surface area contributed by atoms with E-state index in [0.717, 1.165) is 6.34 Å². The van der Waals surface area contributed by atoms with Gasteiger partial charge in [-0.15, -0.1) is 11.3 Å². The summed E-state index contributed by atoms with van der Waals surface area (Å²) in [5.41, 5.74) is 11.0. The van der Waals surface area contributed by atoms with E-state index in [4.69, 9.17) is 11.5 Å². The molecule has 16 heavy (non-hydrogen) atoms. The lowest BCUT2D eigenvalue weighted by Crippen LogP contribution is -2.21. The minimum Gasteiger partial charge on any atom is -0.755 e. The molecule has 0 aromatic carbocycles. The second kappa shape index (κ2) is 6.15. The zero-order valence-corrected chi connectivity index (χ0v) is 9.62. The van der Waals surface area contributed by atoms with E-state index in [9.17, 15) is 8.76 Å². The molecule has 1 aromatic heterocycles. The van der Waals surface area contributed by atoms with Gasteiger partial charge in [0.05, 0.1) is 18.6 Å². The van der Waals surface area contributed by atoms with Gasteiger partial charge in [0.15, 0.2) is 5.96 Å². The minimum atomic E-state index is -2.35. The monoisotopic (exact) mass is 261 g/mol. The molecule has 0 saturated carbocycles. The van der Waals surface area contributed by atoms with Crippen LogP contribution in [-0.2, 0) is 17.8 Å². The molecule has 5 N–H and O–H groups in total. The lowest BCUT2D eigenvalue weighted by molar-refractivity contribution is 0.533. The van der Waals surface area contributed by atoms with Gasteiger partial charge in [-0.1, -0.05) is 0 Å². The Morgan fingerprint density at radius 3 is 3.12 bits per heavy atom. The Hall–Kier alpha value is -1.52. The first kappa shape index (κ1) is 12.5. The van der Waals surface area contributed by atoms with Gasteiger partial charge in [-0.05, 0) is 0 Å². The van der Waals surface area contributed by atoms with Gasteiger partial charge in [-0.2, -0.15) is 4.99 Å². The van der Waals surface area contributed by atoms with E-state index >= 15 is 0 Å². The molecule has 1 atom stereocenters. The van der Waals surface area contributed by atoms with Gasteiger partial charge in [-0.3, -0.25) is 9.20 Å².